The molecular formula is C10H19N3O. The number of nitrogens with one attached hydrogen (secondary N) is 1. The molecule has 0 aliphatic heterocycles. The van der Waals surface area contributed by atoms with E-state index in [1.54, 1.807) is 11.9 Å². The molecule has 0 fully saturated rings. The maximum Gasteiger partial charge on any atom is 0.222 e. The number of carbonyl (C=O) groups excluding carboxylic acids is 1. The van der Waals surface area contributed by atoms with Crippen LogP contribution in [-0.4, -0.2) is 37.5 Å². The van der Waals surface area contributed by atoms with E-state index in [1.165, 1.54) is 0 Å². The van der Waals surface area contributed by atoms with E-state index in [1.807, 2.05) is 14.0 Å². The standard InChI is InChI=1S/C10H19N3O/c1-9(6-7-11)13(3)10(14)5-4-8-12-2/h9,12H,4-6,8H2,1-3H3. The molecular weight excluding hydrogens is 178 g/mol. The lowest BCUT2D eigenvalue weighted by Gasteiger charge is -2.22. The highest BCUT2D eigenvalue weighted by Crippen LogP contribution is 2.03. The van der Waals surface area contributed by atoms with Gasteiger partial charge >= 0.3 is 0 Å². The first-order valence-electron chi connectivity index (χ1n) is 4.90. The van der Waals surface area contributed by atoms with Crippen LogP contribution in [0.4, 0.5) is 0 Å². The van der Waals surface area contributed by atoms with Gasteiger partial charge in [0.1, 0.15) is 0 Å². The van der Waals surface area contributed by atoms with Crippen LogP contribution in [0.25, 0.3) is 0 Å². The molecule has 0 bridgehead atoms. The monoisotopic (exact) mass is 197 g/mol. The molecule has 0 saturated heterocycles. The van der Waals surface area contributed by atoms with Gasteiger partial charge in [-0.3, -0.25) is 4.79 Å². The van der Waals surface area contributed by atoms with Crippen molar-refractivity contribution in [3.05, 3.63) is 0 Å². The van der Waals surface area contributed by atoms with Crippen LogP contribution in [0.3, 0.4) is 0 Å². The van der Waals surface area contributed by atoms with Crippen molar-refractivity contribution in [2.24, 2.45) is 0 Å². The minimum Gasteiger partial charge on any atom is -0.342 e. The zero-order valence-electron chi connectivity index (χ0n) is 9.21. The molecule has 0 aromatic heterocycles. The Labute approximate surface area is 85.9 Å². The van der Waals surface area contributed by atoms with Gasteiger partial charge in [-0.2, -0.15) is 5.26 Å². The molecule has 0 aromatic rings. The van der Waals surface area contributed by atoms with Crippen molar-refractivity contribution in [1.82, 2.24) is 10.2 Å². The fourth-order valence-electron chi connectivity index (χ4n) is 1.11. The third-order valence-electron chi connectivity index (χ3n) is 2.26. The Morgan fingerprint density at radius 2 is 2.29 bits per heavy atom. The predicted molar refractivity (Wildman–Crippen MR) is 55.6 cm³/mol. The molecule has 0 aliphatic rings. The Morgan fingerprint density at radius 1 is 1.64 bits per heavy atom. The van der Waals surface area contributed by atoms with Gasteiger partial charge in [0, 0.05) is 19.5 Å². The lowest BCUT2D eigenvalue weighted by molar-refractivity contribution is -0.131. The maximum atomic E-state index is 11.5. The van der Waals surface area contributed by atoms with Crippen molar-refractivity contribution in [2.75, 3.05) is 20.6 Å². The van der Waals surface area contributed by atoms with Crippen LogP contribution in [-0.2, 0) is 4.79 Å². The van der Waals surface area contributed by atoms with E-state index in [2.05, 4.69) is 11.4 Å². The van der Waals surface area contributed by atoms with E-state index in [0.29, 0.717) is 12.8 Å². The van der Waals surface area contributed by atoms with Gasteiger partial charge in [-0.25, -0.2) is 0 Å². The second kappa shape index (κ2) is 7.34. The lowest BCUT2D eigenvalue weighted by atomic mass is 10.2. The molecule has 0 aliphatic carbocycles. The molecule has 4 heteroatoms. The molecule has 14 heavy (non-hydrogen) atoms. The fourth-order valence-corrected chi connectivity index (χ4v) is 1.11. The summed E-state index contributed by atoms with van der Waals surface area (Å²) in [6.07, 6.45) is 1.79. The van der Waals surface area contributed by atoms with Crippen LogP contribution < -0.4 is 5.32 Å². The zero-order chi connectivity index (χ0) is 11.0. The third-order valence-corrected chi connectivity index (χ3v) is 2.26. The number of nitrogens with zero attached hydrogens (tertiary/aromatic N) is 2. The highest BCUT2D eigenvalue weighted by Gasteiger charge is 2.14. The summed E-state index contributed by atoms with van der Waals surface area (Å²) in [7, 11) is 3.62. The van der Waals surface area contributed by atoms with E-state index >= 15 is 0 Å². The first kappa shape index (κ1) is 12.9. The molecule has 0 aromatic carbocycles. The van der Waals surface area contributed by atoms with Crippen molar-refractivity contribution in [3.63, 3.8) is 0 Å². The van der Waals surface area contributed by atoms with Gasteiger partial charge in [-0.15, -0.1) is 0 Å². The van der Waals surface area contributed by atoms with Gasteiger partial charge in [0.25, 0.3) is 0 Å². The van der Waals surface area contributed by atoms with Gasteiger partial charge in [0.15, 0.2) is 0 Å². The smallest absolute Gasteiger partial charge is 0.222 e. The van der Waals surface area contributed by atoms with E-state index < -0.39 is 0 Å². The summed E-state index contributed by atoms with van der Waals surface area (Å²) in [6.45, 7) is 2.74. The summed E-state index contributed by atoms with van der Waals surface area (Å²) in [6, 6.07) is 2.08. The van der Waals surface area contributed by atoms with E-state index in [0.717, 1.165) is 13.0 Å². The van der Waals surface area contributed by atoms with Gasteiger partial charge in [0.05, 0.1) is 12.5 Å². The summed E-state index contributed by atoms with van der Waals surface area (Å²) < 4.78 is 0. The van der Waals surface area contributed by atoms with Crippen LogP contribution in [0, 0.1) is 11.3 Å². The van der Waals surface area contributed by atoms with Crippen LogP contribution in [0.1, 0.15) is 26.2 Å². The summed E-state index contributed by atoms with van der Waals surface area (Å²) in [5, 5.41) is 11.5. The van der Waals surface area contributed by atoms with Crippen molar-refractivity contribution in [1.29, 1.82) is 5.26 Å². The quantitative estimate of drug-likeness (QED) is 0.639. The number of hydrogen-bond donors (Lipinski definition) is 1. The van der Waals surface area contributed by atoms with E-state index in [4.69, 9.17) is 5.26 Å². The molecule has 1 unspecified atom stereocenters. The average Bonchev–Trinajstić information content (AvgIpc) is 2.17. The zero-order valence-corrected chi connectivity index (χ0v) is 9.21. The molecule has 0 spiro atoms. The molecule has 4 nitrogen and oxygen atoms in total. The molecule has 0 heterocycles. The minimum absolute atomic E-state index is 0.0158. The summed E-state index contributed by atoms with van der Waals surface area (Å²) in [5.74, 6) is 0.114. The number of hydrogen-bond acceptors (Lipinski definition) is 3. The SMILES string of the molecule is CNCCCC(=O)N(C)C(C)CC#N. The normalized spacial score (nSPS) is 11.9. The van der Waals surface area contributed by atoms with Crippen molar-refractivity contribution >= 4 is 5.91 Å². The lowest BCUT2D eigenvalue weighted by Crippen LogP contribution is -2.35. The van der Waals surface area contributed by atoms with Crippen molar-refractivity contribution < 1.29 is 4.79 Å². The van der Waals surface area contributed by atoms with Gasteiger partial charge in [-0.1, -0.05) is 0 Å². The number of nitriles is 1. The Hall–Kier alpha value is -1.08. The Bertz CT molecular complexity index is 210. The third kappa shape index (κ3) is 4.83. The first-order valence-corrected chi connectivity index (χ1v) is 4.90. The Morgan fingerprint density at radius 3 is 2.79 bits per heavy atom. The summed E-state index contributed by atoms with van der Waals surface area (Å²) in [4.78, 5) is 13.2. The van der Waals surface area contributed by atoms with Crippen molar-refractivity contribution in [2.45, 2.75) is 32.2 Å². The van der Waals surface area contributed by atoms with Gasteiger partial charge in [-0.05, 0) is 26.9 Å². The predicted octanol–water partition coefficient (Wildman–Crippen LogP) is 0.747. The Kier molecular flexibility index (Phi) is 6.77. The molecule has 0 radical (unpaired) electrons. The molecule has 1 amide bonds. The molecule has 1 N–H and O–H groups in total. The topological polar surface area (TPSA) is 56.1 Å². The molecule has 80 valence electrons. The average molecular weight is 197 g/mol. The summed E-state index contributed by atoms with van der Waals surface area (Å²) in [5.41, 5.74) is 0. The van der Waals surface area contributed by atoms with E-state index in [-0.39, 0.29) is 11.9 Å². The van der Waals surface area contributed by atoms with Gasteiger partial charge in [0.2, 0.25) is 5.91 Å². The number of carbonyl (C=O) groups is 1. The minimum atomic E-state index is 0.0158. The highest BCUT2D eigenvalue weighted by atomic mass is 16.2. The van der Waals surface area contributed by atoms with Crippen molar-refractivity contribution in [3.8, 4) is 6.07 Å². The molecule has 0 saturated carbocycles. The Balaban J connectivity index is 3.81. The number of rotatable bonds is 6. The van der Waals surface area contributed by atoms with Crippen LogP contribution in [0.2, 0.25) is 0 Å². The molecule has 0 rings (SSSR count). The second-order valence-corrected chi connectivity index (χ2v) is 3.42. The largest absolute Gasteiger partial charge is 0.342 e. The van der Waals surface area contributed by atoms with Crippen LogP contribution >= 0.6 is 0 Å². The number of amides is 1. The van der Waals surface area contributed by atoms with Crippen LogP contribution in [0.5, 0.6) is 0 Å². The van der Waals surface area contributed by atoms with E-state index in [9.17, 15) is 4.79 Å². The summed E-state index contributed by atoms with van der Waals surface area (Å²) >= 11 is 0. The fraction of sp³-hybridized carbons (Fsp3) is 0.800. The molecule has 1 atom stereocenters. The second-order valence-electron chi connectivity index (χ2n) is 3.42. The van der Waals surface area contributed by atoms with Crippen LogP contribution in [0.15, 0.2) is 0 Å². The first-order chi connectivity index (χ1) is 6.63. The highest BCUT2D eigenvalue weighted by molar-refractivity contribution is 5.76. The maximum absolute atomic E-state index is 11.5. The van der Waals surface area contributed by atoms with Gasteiger partial charge < -0.3 is 10.2 Å².